The van der Waals surface area contributed by atoms with Crippen molar-refractivity contribution >= 4 is 23.5 Å². The zero-order valence-electron chi connectivity index (χ0n) is 10.5. The molecule has 0 aromatic carbocycles. The number of hydrogen-bond donors (Lipinski definition) is 2. The van der Waals surface area contributed by atoms with Gasteiger partial charge >= 0.3 is 0 Å². The SMILES string of the molecule is Nc1nc2c(c(N3CCSCC3)n1)CCNCC2. The summed E-state index contributed by atoms with van der Waals surface area (Å²) >= 11 is 2.01. The van der Waals surface area contributed by atoms with Crippen LogP contribution < -0.4 is 16.0 Å². The van der Waals surface area contributed by atoms with Crippen molar-refractivity contribution in [3.8, 4) is 0 Å². The lowest BCUT2D eigenvalue weighted by Crippen LogP contribution is -2.34. The van der Waals surface area contributed by atoms with Crippen LogP contribution in [0.4, 0.5) is 11.8 Å². The topological polar surface area (TPSA) is 67.1 Å². The van der Waals surface area contributed by atoms with Crippen LogP contribution in [-0.2, 0) is 12.8 Å². The first-order chi connectivity index (χ1) is 8.84. The monoisotopic (exact) mass is 265 g/mol. The number of nitrogens with one attached hydrogen (secondary N) is 1. The van der Waals surface area contributed by atoms with E-state index in [1.165, 1.54) is 17.1 Å². The minimum absolute atomic E-state index is 0.420. The minimum atomic E-state index is 0.420. The van der Waals surface area contributed by atoms with Crippen LogP contribution in [0, 0.1) is 0 Å². The van der Waals surface area contributed by atoms with Crippen molar-refractivity contribution in [1.82, 2.24) is 15.3 Å². The standard InChI is InChI=1S/C12H19N5S/c13-12-15-10-2-4-14-3-1-9(10)11(16-12)17-5-7-18-8-6-17/h14H,1-8H2,(H2,13,15,16). The first kappa shape index (κ1) is 12.0. The number of nitrogen functional groups attached to an aromatic ring is 1. The van der Waals surface area contributed by atoms with E-state index in [1.807, 2.05) is 11.8 Å². The van der Waals surface area contributed by atoms with Gasteiger partial charge in [0.15, 0.2) is 0 Å². The summed E-state index contributed by atoms with van der Waals surface area (Å²) in [5.74, 6) is 3.86. The maximum Gasteiger partial charge on any atom is 0.222 e. The Labute approximate surface area is 112 Å². The maximum atomic E-state index is 5.87. The summed E-state index contributed by atoms with van der Waals surface area (Å²) in [4.78, 5) is 11.3. The summed E-state index contributed by atoms with van der Waals surface area (Å²) in [6, 6.07) is 0. The van der Waals surface area contributed by atoms with Gasteiger partial charge in [-0.15, -0.1) is 0 Å². The molecular formula is C12H19N5S. The molecule has 1 aromatic rings. The summed E-state index contributed by atoms with van der Waals surface area (Å²) < 4.78 is 0. The molecule has 3 rings (SSSR count). The lowest BCUT2D eigenvalue weighted by molar-refractivity contribution is 0.708. The second-order valence-corrected chi connectivity index (χ2v) is 5.90. The molecule has 0 unspecified atom stereocenters. The fourth-order valence-electron chi connectivity index (χ4n) is 2.58. The molecule has 0 saturated carbocycles. The highest BCUT2D eigenvalue weighted by molar-refractivity contribution is 7.99. The van der Waals surface area contributed by atoms with E-state index in [0.717, 1.165) is 50.5 Å². The van der Waals surface area contributed by atoms with E-state index >= 15 is 0 Å². The van der Waals surface area contributed by atoms with Crippen LogP contribution in [0.15, 0.2) is 0 Å². The number of thioether (sulfide) groups is 1. The highest BCUT2D eigenvalue weighted by Gasteiger charge is 2.21. The van der Waals surface area contributed by atoms with Gasteiger partial charge < -0.3 is 16.0 Å². The highest BCUT2D eigenvalue weighted by atomic mass is 32.2. The Morgan fingerprint density at radius 2 is 1.89 bits per heavy atom. The van der Waals surface area contributed by atoms with E-state index in [0.29, 0.717) is 5.95 Å². The van der Waals surface area contributed by atoms with E-state index in [9.17, 15) is 0 Å². The van der Waals surface area contributed by atoms with Gasteiger partial charge in [0.05, 0.1) is 5.69 Å². The van der Waals surface area contributed by atoms with Crippen LogP contribution >= 0.6 is 11.8 Å². The second kappa shape index (κ2) is 5.32. The average Bonchev–Trinajstić information content (AvgIpc) is 2.64. The van der Waals surface area contributed by atoms with Crippen LogP contribution in [0.1, 0.15) is 11.3 Å². The normalized spacial score (nSPS) is 20.3. The van der Waals surface area contributed by atoms with E-state index in [-0.39, 0.29) is 0 Å². The van der Waals surface area contributed by atoms with Crippen LogP contribution in [0.3, 0.4) is 0 Å². The van der Waals surface area contributed by atoms with E-state index in [2.05, 4.69) is 20.2 Å². The molecule has 18 heavy (non-hydrogen) atoms. The van der Waals surface area contributed by atoms with Gasteiger partial charge in [0, 0.05) is 43.1 Å². The molecule has 2 aliphatic rings. The lowest BCUT2D eigenvalue weighted by atomic mass is 10.1. The van der Waals surface area contributed by atoms with Crippen molar-refractivity contribution in [2.24, 2.45) is 0 Å². The van der Waals surface area contributed by atoms with E-state index < -0.39 is 0 Å². The van der Waals surface area contributed by atoms with Crippen molar-refractivity contribution in [2.75, 3.05) is 48.3 Å². The molecular weight excluding hydrogens is 246 g/mol. The van der Waals surface area contributed by atoms with E-state index in [4.69, 9.17) is 5.73 Å². The first-order valence-corrected chi connectivity index (χ1v) is 7.69. The van der Waals surface area contributed by atoms with Gasteiger partial charge in [0.2, 0.25) is 5.95 Å². The molecule has 0 radical (unpaired) electrons. The quantitative estimate of drug-likeness (QED) is 0.761. The van der Waals surface area contributed by atoms with Gasteiger partial charge in [-0.05, 0) is 13.0 Å². The molecule has 6 heteroatoms. The molecule has 0 aliphatic carbocycles. The molecule has 2 aliphatic heterocycles. The Balaban J connectivity index is 1.98. The third-order valence-corrected chi connectivity index (χ3v) is 4.43. The van der Waals surface area contributed by atoms with Crippen molar-refractivity contribution in [3.05, 3.63) is 11.3 Å². The summed E-state index contributed by atoms with van der Waals surface area (Å²) in [5, 5.41) is 3.41. The third-order valence-electron chi connectivity index (χ3n) is 3.49. The molecule has 1 fully saturated rings. The van der Waals surface area contributed by atoms with Gasteiger partial charge in [-0.2, -0.15) is 16.7 Å². The fraction of sp³-hybridized carbons (Fsp3) is 0.667. The average molecular weight is 265 g/mol. The maximum absolute atomic E-state index is 5.87. The number of fused-ring (bicyclic) bond motifs is 1. The highest BCUT2D eigenvalue weighted by Crippen LogP contribution is 2.26. The lowest BCUT2D eigenvalue weighted by Gasteiger charge is -2.29. The van der Waals surface area contributed by atoms with Gasteiger partial charge in [0.25, 0.3) is 0 Å². The van der Waals surface area contributed by atoms with Gasteiger partial charge in [-0.3, -0.25) is 0 Å². The number of nitrogens with zero attached hydrogens (tertiary/aromatic N) is 3. The van der Waals surface area contributed by atoms with Gasteiger partial charge in [0.1, 0.15) is 5.82 Å². The summed E-state index contributed by atoms with van der Waals surface area (Å²) in [6.07, 6.45) is 1.96. The number of hydrogen-bond acceptors (Lipinski definition) is 6. The van der Waals surface area contributed by atoms with Crippen LogP contribution in [0.2, 0.25) is 0 Å². The molecule has 0 bridgehead atoms. The minimum Gasteiger partial charge on any atom is -0.368 e. The van der Waals surface area contributed by atoms with E-state index in [1.54, 1.807) is 0 Å². The largest absolute Gasteiger partial charge is 0.368 e. The second-order valence-electron chi connectivity index (χ2n) is 4.68. The molecule has 1 aromatic heterocycles. The Bertz CT molecular complexity index is 431. The van der Waals surface area contributed by atoms with Gasteiger partial charge in [-0.25, -0.2) is 4.98 Å². The fourth-order valence-corrected chi connectivity index (χ4v) is 3.48. The van der Waals surface area contributed by atoms with Crippen molar-refractivity contribution in [1.29, 1.82) is 0 Å². The molecule has 98 valence electrons. The van der Waals surface area contributed by atoms with Crippen molar-refractivity contribution < 1.29 is 0 Å². The third kappa shape index (κ3) is 2.40. The Hall–Kier alpha value is -1.01. The Morgan fingerprint density at radius 1 is 1.11 bits per heavy atom. The molecule has 1 saturated heterocycles. The predicted molar refractivity (Wildman–Crippen MR) is 76.3 cm³/mol. The first-order valence-electron chi connectivity index (χ1n) is 6.53. The smallest absolute Gasteiger partial charge is 0.222 e. The number of anilines is 2. The van der Waals surface area contributed by atoms with Crippen molar-refractivity contribution in [2.45, 2.75) is 12.8 Å². The zero-order chi connectivity index (χ0) is 12.4. The van der Waals surface area contributed by atoms with Crippen molar-refractivity contribution in [3.63, 3.8) is 0 Å². The van der Waals surface area contributed by atoms with Crippen LogP contribution in [-0.4, -0.2) is 47.7 Å². The Kier molecular flexibility index (Phi) is 3.56. The number of rotatable bonds is 1. The van der Waals surface area contributed by atoms with Crippen LogP contribution in [0.25, 0.3) is 0 Å². The number of nitrogens with two attached hydrogens (primary N) is 1. The summed E-state index contributed by atoms with van der Waals surface area (Å²) in [7, 11) is 0. The predicted octanol–water partition coefficient (Wildman–Crippen LogP) is 0.300. The molecule has 3 N–H and O–H groups in total. The molecule has 0 spiro atoms. The zero-order valence-corrected chi connectivity index (χ0v) is 11.3. The Morgan fingerprint density at radius 3 is 2.72 bits per heavy atom. The van der Waals surface area contributed by atoms with Gasteiger partial charge in [-0.1, -0.05) is 0 Å². The molecule has 5 nitrogen and oxygen atoms in total. The summed E-state index contributed by atoms with van der Waals surface area (Å²) in [5.41, 5.74) is 8.31. The summed E-state index contributed by atoms with van der Waals surface area (Å²) in [6.45, 7) is 4.14. The molecule has 0 atom stereocenters. The number of aromatic nitrogens is 2. The van der Waals surface area contributed by atoms with Crippen LogP contribution in [0.5, 0.6) is 0 Å². The molecule has 0 amide bonds. The molecule has 3 heterocycles.